The van der Waals surface area contributed by atoms with Crippen molar-refractivity contribution in [2.75, 3.05) is 0 Å². The first-order valence-corrected chi connectivity index (χ1v) is 13.5. The van der Waals surface area contributed by atoms with E-state index in [1.54, 1.807) is 11.3 Å². The zero-order chi connectivity index (χ0) is 23.1. The van der Waals surface area contributed by atoms with E-state index in [1.165, 1.54) is 31.4 Å². The van der Waals surface area contributed by atoms with Gasteiger partial charge in [0, 0.05) is 20.2 Å². The molecule has 0 fully saturated rings. The molecular formula is C30H28OS2. The van der Waals surface area contributed by atoms with Gasteiger partial charge in [-0.1, -0.05) is 55.3 Å². The van der Waals surface area contributed by atoms with Crippen LogP contribution in [0.15, 0.2) is 104 Å². The second-order valence-corrected chi connectivity index (χ2v) is 12.3. The van der Waals surface area contributed by atoms with E-state index in [1.807, 2.05) is 0 Å². The number of rotatable bonds is 4. The van der Waals surface area contributed by atoms with E-state index in [0.29, 0.717) is 5.92 Å². The summed E-state index contributed by atoms with van der Waals surface area (Å²) in [5.74, 6) is 0.400. The van der Waals surface area contributed by atoms with Gasteiger partial charge in [-0.2, -0.15) is 10.9 Å². The smallest absolute Gasteiger partial charge is 0.195 e. The Labute approximate surface area is 202 Å². The first kappa shape index (κ1) is 21.9. The number of thiol groups is 1. The molecule has 1 nitrogen and oxygen atoms in total. The van der Waals surface area contributed by atoms with Crippen molar-refractivity contribution in [3.05, 3.63) is 112 Å². The molecule has 5 aromatic rings. The van der Waals surface area contributed by atoms with Gasteiger partial charge < -0.3 is 0 Å². The summed E-state index contributed by atoms with van der Waals surface area (Å²) < 4.78 is 2.11. The average Bonchev–Trinajstić information content (AvgIpc) is 2.82. The lowest BCUT2D eigenvalue weighted by Gasteiger charge is -2.24. The lowest BCUT2D eigenvalue weighted by atomic mass is 10.0. The van der Waals surface area contributed by atoms with Gasteiger partial charge in [-0.15, -0.1) is 11.3 Å². The molecule has 0 atom stereocenters. The highest BCUT2D eigenvalue weighted by Crippen LogP contribution is 2.52. The summed E-state index contributed by atoms with van der Waals surface area (Å²) in [6.45, 7) is 8.58. The molecule has 1 aromatic heterocycles. The van der Waals surface area contributed by atoms with Gasteiger partial charge in [0.2, 0.25) is 0 Å². The fourth-order valence-electron chi connectivity index (χ4n) is 4.20. The van der Waals surface area contributed by atoms with E-state index in [-0.39, 0.29) is 5.43 Å². The van der Waals surface area contributed by atoms with Crippen LogP contribution in [0.3, 0.4) is 0 Å². The molecule has 3 heteroatoms. The molecule has 4 aromatic carbocycles. The highest BCUT2D eigenvalue weighted by molar-refractivity contribution is 8.17. The molecule has 0 N–H and O–H groups in total. The topological polar surface area (TPSA) is 17.1 Å². The minimum absolute atomic E-state index is 0.144. The molecule has 0 bridgehead atoms. The molecule has 1 heterocycles. The van der Waals surface area contributed by atoms with Gasteiger partial charge in [-0.3, -0.25) is 4.79 Å². The van der Waals surface area contributed by atoms with E-state index in [9.17, 15) is 4.79 Å². The Morgan fingerprint density at radius 1 is 0.636 bits per heavy atom. The molecule has 5 rings (SSSR count). The lowest BCUT2D eigenvalue weighted by molar-refractivity contribution is 0.869. The normalized spacial score (nSPS) is 12.0. The van der Waals surface area contributed by atoms with Crippen molar-refractivity contribution < 1.29 is 0 Å². The molecule has 0 aliphatic carbocycles. The van der Waals surface area contributed by atoms with Gasteiger partial charge in [0.15, 0.2) is 5.43 Å². The van der Waals surface area contributed by atoms with Crippen molar-refractivity contribution in [1.29, 1.82) is 0 Å². The first-order valence-electron chi connectivity index (χ1n) is 11.3. The fourth-order valence-corrected chi connectivity index (χ4v) is 7.50. The van der Waals surface area contributed by atoms with E-state index < -0.39 is 10.9 Å². The molecule has 0 aliphatic heterocycles. The summed E-state index contributed by atoms with van der Waals surface area (Å²) in [6.07, 6.45) is 0. The van der Waals surface area contributed by atoms with Crippen molar-refractivity contribution in [2.24, 2.45) is 0 Å². The molecule has 33 heavy (non-hydrogen) atoms. The number of hydrogen-bond donors (Lipinski definition) is 1. The van der Waals surface area contributed by atoms with Gasteiger partial charge >= 0.3 is 0 Å². The molecule has 0 spiro atoms. The highest BCUT2D eigenvalue weighted by atomic mass is 32.2. The zero-order valence-electron chi connectivity index (χ0n) is 19.4. The summed E-state index contributed by atoms with van der Waals surface area (Å²) in [5, 5.41) is 1.67. The number of benzene rings is 4. The largest absolute Gasteiger partial charge is 0.289 e. The molecule has 0 aliphatic rings. The number of fused-ring (bicyclic) bond motifs is 2. The van der Waals surface area contributed by atoms with E-state index in [2.05, 4.69) is 113 Å². The van der Waals surface area contributed by atoms with Crippen LogP contribution in [-0.2, 0) is 0 Å². The Balaban J connectivity index is 1.73. The third-order valence-electron chi connectivity index (χ3n) is 6.19. The Hall–Kier alpha value is -2.88. The predicted octanol–water partition coefficient (Wildman–Crippen LogP) is 8.63. The maximum atomic E-state index is 13.6. The predicted molar refractivity (Wildman–Crippen MR) is 146 cm³/mol. The Morgan fingerprint density at radius 2 is 1.12 bits per heavy atom. The quantitative estimate of drug-likeness (QED) is 0.206. The van der Waals surface area contributed by atoms with Crippen LogP contribution in [0.4, 0.5) is 0 Å². The van der Waals surface area contributed by atoms with Crippen LogP contribution in [0.25, 0.3) is 20.2 Å². The van der Waals surface area contributed by atoms with Gasteiger partial charge in [0.1, 0.15) is 0 Å². The van der Waals surface area contributed by atoms with Crippen molar-refractivity contribution in [1.82, 2.24) is 0 Å². The summed E-state index contributed by atoms with van der Waals surface area (Å²) in [6, 6.07) is 30.5. The molecule has 0 saturated heterocycles. The van der Waals surface area contributed by atoms with Crippen LogP contribution in [0.2, 0.25) is 0 Å². The van der Waals surface area contributed by atoms with Crippen LogP contribution in [0.5, 0.6) is 0 Å². The minimum atomic E-state index is -0.750. The maximum absolute atomic E-state index is 13.6. The lowest BCUT2D eigenvalue weighted by Crippen LogP contribution is -2.02. The average molecular weight is 469 g/mol. The van der Waals surface area contributed by atoms with Gasteiger partial charge in [-0.25, -0.2) is 0 Å². The third-order valence-corrected chi connectivity index (χ3v) is 9.76. The minimum Gasteiger partial charge on any atom is -0.289 e. The first-order chi connectivity index (χ1) is 15.9. The zero-order valence-corrected chi connectivity index (χ0v) is 21.1. The van der Waals surface area contributed by atoms with Crippen molar-refractivity contribution in [2.45, 2.75) is 48.3 Å². The number of aryl methyl sites for hydroxylation is 2. The molecule has 166 valence electrons. The summed E-state index contributed by atoms with van der Waals surface area (Å²) in [5.41, 5.74) is 3.87. The van der Waals surface area contributed by atoms with Crippen LogP contribution in [0, 0.1) is 13.8 Å². The number of hydrogen-bond acceptors (Lipinski definition) is 2. The van der Waals surface area contributed by atoms with Crippen molar-refractivity contribution in [3.8, 4) is 0 Å². The molecule has 0 radical (unpaired) electrons. The van der Waals surface area contributed by atoms with E-state index in [0.717, 1.165) is 20.2 Å². The van der Waals surface area contributed by atoms with Gasteiger partial charge in [0.05, 0.1) is 0 Å². The molecule has 0 saturated carbocycles. The second-order valence-electron chi connectivity index (χ2n) is 9.03. The summed E-state index contributed by atoms with van der Waals surface area (Å²) in [7, 11) is -0.750. The molecular weight excluding hydrogens is 440 g/mol. The Kier molecular flexibility index (Phi) is 5.86. The maximum Gasteiger partial charge on any atom is 0.195 e. The van der Waals surface area contributed by atoms with Crippen LogP contribution in [0.1, 0.15) is 36.5 Å². The van der Waals surface area contributed by atoms with E-state index >= 15 is 0 Å². The van der Waals surface area contributed by atoms with Gasteiger partial charge in [0.25, 0.3) is 0 Å². The van der Waals surface area contributed by atoms with Gasteiger partial charge in [-0.05, 0) is 94.6 Å². The monoisotopic (exact) mass is 468 g/mol. The summed E-state index contributed by atoms with van der Waals surface area (Å²) >= 11 is 1.71. The van der Waals surface area contributed by atoms with Crippen LogP contribution < -0.4 is 5.43 Å². The van der Waals surface area contributed by atoms with Crippen LogP contribution in [-0.4, -0.2) is 0 Å². The fraction of sp³-hybridized carbons (Fsp3) is 0.167. The SMILES string of the molecule is Cc1ccc([SH](c2ccc(C)cc2)c2ccc3sc4ccc(C(C)C)cc4c(=O)c3c2)cc1. The Morgan fingerprint density at radius 3 is 1.67 bits per heavy atom. The Bertz CT molecular complexity index is 1460. The van der Waals surface area contributed by atoms with Crippen LogP contribution >= 0.6 is 22.2 Å². The van der Waals surface area contributed by atoms with Crippen molar-refractivity contribution in [3.63, 3.8) is 0 Å². The standard InChI is InChI=1S/C30H28OS2/c1-19(2)22-9-15-28-26(17-22)30(31)27-18-25(14-16-29(27)32-28)33(23-10-5-20(3)6-11-23)24-12-7-21(4)8-13-24/h5-19,33H,1-4H3. The summed E-state index contributed by atoms with van der Waals surface area (Å²) in [4.78, 5) is 17.4. The third kappa shape index (κ3) is 4.23. The van der Waals surface area contributed by atoms with E-state index in [4.69, 9.17) is 0 Å². The molecule has 0 amide bonds. The van der Waals surface area contributed by atoms with Crippen molar-refractivity contribution >= 4 is 42.4 Å². The second kappa shape index (κ2) is 8.81. The molecule has 0 unspecified atom stereocenters. The highest BCUT2D eigenvalue weighted by Gasteiger charge is 2.15.